The number of methoxy groups -OCH3 is 1. The summed E-state index contributed by atoms with van der Waals surface area (Å²) in [6.45, 7) is 2.23. The van der Waals surface area contributed by atoms with E-state index in [2.05, 4.69) is 4.98 Å². The van der Waals surface area contributed by atoms with E-state index in [1.165, 1.54) is 0 Å². The second-order valence-corrected chi connectivity index (χ2v) is 7.82. The van der Waals surface area contributed by atoms with Crippen molar-refractivity contribution in [3.8, 4) is 11.5 Å². The Bertz CT molecular complexity index is 1000. The van der Waals surface area contributed by atoms with Crippen molar-refractivity contribution < 1.29 is 19.0 Å². The number of rotatable bonds is 9. The van der Waals surface area contributed by atoms with Gasteiger partial charge in [-0.2, -0.15) is 0 Å². The molecule has 2 heterocycles. The Morgan fingerprint density at radius 2 is 1.88 bits per heavy atom. The van der Waals surface area contributed by atoms with E-state index in [9.17, 15) is 4.79 Å². The van der Waals surface area contributed by atoms with Gasteiger partial charge in [0.25, 0.3) is 5.91 Å². The van der Waals surface area contributed by atoms with Gasteiger partial charge in [0.1, 0.15) is 6.61 Å². The SMILES string of the molecule is COc1cc(C(=O)N(Cc2ccncc2)CC2CCCO2)ccc1OCc1ccccc1. The van der Waals surface area contributed by atoms with E-state index in [1.54, 1.807) is 37.7 Å². The molecule has 0 radical (unpaired) electrons. The lowest BCUT2D eigenvalue weighted by molar-refractivity contribution is 0.0507. The molecule has 6 nitrogen and oxygen atoms in total. The second-order valence-electron chi connectivity index (χ2n) is 7.82. The largest absolute Gasteiger partial charge is 0.493 e. The smallest absolute Gasteiger partial charge is 0.254 e. The Morgan fingerprint density at radius 3 is 2.59 bits per heavy atom. The molecular formula is C26H28N2O4. The van der Waals surface area contributed by atoms with Crippen LogP contribution in [-0.2, 0) is 17.9 Å². The molecule has 6 heteroatoms. The van der Waals surface area contributed by atoms with Gasteiger partial charge in [-0.15, -0.1) is 0 Å². The third kappa shape index (κ3) is 5.65. The Morgan fingerprint density at radius 1 is 1.06 bits per heavy atom. The summed E-state index contributed by atoms with van der Waals surface area (Å²) < 4.78 is 17.3. The van der Waals surface area contributed by atoms with Crippen LogP contribution in [0, 0.1) is 0 Å². The summed E-state index contributed by atoms with van der Waals surface area (Å²) >= 11 is 0. The van der Waals surface area contributed by atoms with E-state index in [-0.39, 0.29) is 12.0 Å². The van der Waals surface area contributed by atoms with Crippen LogP contribution in [-0.4, -0.2) is 42.2 Å². The fourth-order valence-electron chi connectivity index (χ4n) is 3.80. The number of amides is 1. The lowest BCUT2D eigenvalue weighted by Gasteiger charge is -2.26. The summed E-state index contributed by atoms with van der Waals surface area (Å²) in [7, 11) is 1.58. The molecule has 0 bridgehead atoms. The van der Waals surface area contributed by atoms with Gasteiger partial charge in [0, 0.05) is 37.7 Å². The standard InChI is InChI=1S/C26H28N2O4/c1-30-25-16-22(9-10-24(25)32-19-21-6-3-2-4-7-21)26(29)28(18-23-8-5-15-31-23)17-20-11-13-27-14-12-20/h2-4,6-7,9-14,16,23H,5,8,15,17-19H2,1H3. The Hall–Kier alpha value is -3.38. The van der Waals surface area contributed by atoms with Crippen LogP contribution >= 0.6 is 0 Å². The predicted octanol–water partition coefficient (Wildman–Crippen LogP) is 4.49. The minimum Gasteiger partial charge on any atom is -0.493 e. The Labute approximate surface area is 188 Å². The first-order chi connectivity index (χ1) is 15.7. The van der Waals surface area contributed by atoms with Crippen LogP contribution in [0.1, 0.15) is 34.3 Å². The maximum atomic E-state index is 13.5. The Kier molecular flexibility index (Phi) is 7.35. The number of ether oxygens (including phenoxy) is 3. The van der Waals surface area contributed by atoms with Crippen LogP contribution in [0.15, 0.2) is 73.1 Å². The van der Waals surface area contributed by atoms with Crippen molar-refractivity contribution in [3.05, 3.63) is 89.7 Å². The van der Waals surface area contributed by atoms with Gasteiger partial charge in [0.15, 0.2) is 11.5 Å². The van der Waals surface area contributed by atoms with Crippen LogP contribution in [0.4, 0.5) is 0 Å². The minimum absolute atomic E-state index is 0.0646. The van der Waals surface area contributed by atoms with Crippen LogP contribution in [0.2, 0.25) is 0 Å². The van der Waals surface area contributed by atoms with Crippen LogP contribution in [0.5, 0.6) is 11.5 Å². The molecule has 1 unspecified atom stereocenters. The summed E-state index contributed by atoms with van der Waals surface area (Å²) in [5, 5.41) is 0. The lowest BCUT2D eigenvalue weighted by Crippen LogP contribution is -2.37. The van der Waals surface area contributed by atoms with E-state index in [0.717, 1.165) is 30.6 Å². The topological polar surface area (TPSA) is 60.9 Å². The zero-order valence-corrected chi connectivity index (χ0v) is 18.3. The minimum atomic E-state index is -0.0646. The van der Waals surface area contributed by atoms with Gasteiger partial charge in [-0.05, 0) is 54.3 Å². The maximum Gasteiger partial charge on any atom is 0.254 e. The maximum absolute atomic E-state index is 13.5. The van der Waals surface area contributed by atoms with Crippen LogP contribution in [0.3, 0.4) is 0 Å². The van der Waals surface area contributed by atoms with Crippen molar-refractivity contribution in [1.29, 1.82) is 0 Å². The zero-order chi connectivity index (χ0) is 22.2. The van der Waals surface area contributed by atoms with Gasteiger partial charge >= 0.3 is 0 Å². The average molecular weight is 433 g/mol. The molecule has 1 saturated heterocycles. The van der Waals surface area contributed by atoms with E-state index in [4.69, 9.17) is 14.2 Å². The zero-order valence-electron chi connectivity index (χ0n) is 18.3. The highest BCUT2D eigenvalue weighted by molar-refractivity contribution is 5.95. The molecule has 0 aliphatic carbocycles. The van der Waals surface area contributed by atoms with Crippen molar-refractivity contribution >= 4 is 5.91 Å². The number of carbonyl (C=O) groups excluding carboxylic acids is 1. The third-order valence-electron chi connectivity index (χ3n) is 5.51. The molecule has 1 aromatic heterocycles. The van der Waals surface area contributed by atoms with Crippen molar-refractivity contribution in [3.63, 3.8) is 0 Å². The molecule has 0 N–H and O–H groups in total. The van der Waals surface area contributed by atoms with Gasteiger partial charge in [-0.3, -0.25) is 9.78 Å². The van der Waals surface area contributed by atoms with Crippen LogP contribution in [0.25, 0.3) is 0 Å². The first kappa shape index (κ1) is 21.8. The highest BCUT2D eigenvalue weighted by Gasteiger charge is 2.24. The van der Waals surface area contributed by atoms with E-state index in [0.29, 0.717) is 36.8 Å². The predicted molar refractivity (Wildman–Crippen MR) is 122 cm³/mol. The fraction of sp³-hybridized carbons (Fsp3) is 0.308. The van der Waals surface area contributed by atoms with E-state index >= 15 is 0 Å². The van der Waals surface area contributed by atoms with Gasteiger partial charge in [0.2, 0.25) is 0 Å². The molecule has 0 spiro atoms. The quantitative estimate of drug-likeness (QED) is 0.499. The number of hydrogen-bond acceptors (Lipinski definition) is 5. The summed E-state index contributed by atoms with van der Waals surface area (Å²) in [5.74, 6) is 1.07. The van der Waals surface area contributed by atoms with Gasteiger partial charge < -0.3 is 19.1 Å². The van der Waals surface area contributed by atoms with Crippen molar-refractivity contribution in [2.24, 2.45) is 0 Å². The molecule has 1 amide bonds. The Balaban J connectivity index is 1.51. The molecule has 4 rings (SSSR count). The van der Waals surface area contributed by atoms with Crippen molar-refractivity contribution in [2.45, 2.75) is 32.1 Å². The third-order valence-corrected chi connectivity index (χ3v) is 5.51. The molecule has 1 aliphatic rings. The molecule has 0 saturated carbocycles. The molecule has 1 fully saturated rings. The molecule has 166 valence electrons. The molecule has 1 atom stereocenters. The highest BCUT2D eigenvalue weighted by atomic mass is 16.5. The van der Waals surface area contributed by atoms with E-state index in [1.807, 2.05) is 47.4 Å². The molecular weight excluding hydrogens is 404 g/mol. The molecule has 3 aromatic rings. The summed E-state index contributed by atoms with van der Waals surface area (Å²) in [4.78, 5) is 19.4. The summed E-state index contributed by atoms with van der Waals surface area (Å²) in [6, 6.07) is 19.1. The number of aromatic nitrogens is 1. The number of nitrogens with zero attached hydrogens (tertiary/aromatic N) is 2. The molecule has 2 aromatic carbocycles. The number of pyridine rings is 1. The number of carbonyl (C=O) groups is 1. The molecule has 32 heavy (non-hydrogen) atoms. The van der Waals surface area contributed by atoms with Gasteiger partial charge in [-0.25, -0.2) is 0 Å². The molecule has 1 aliphatic heterocycles. The number of benzene rings is 2. The van der Waals surface area contributed by atoms with Gasteiger partial charge in [0.05, 0.1) is 13.2 Å². The summed E-state index contributed by atoms with van der Waals surface area (Å²) in [6.07, 6.45) is 5.55. The monoisotopic (exact) mass is 432 g/mol. The fourth-order valence-corrected chi connectivity index (χ4v) is 3.80. The first-order valence-electron chi connectivity index (χ1n) is 10.9. The normalized spacial score (nSPS) is 15.3. The first-order valence-corrected chi connectivity index (χ1v) is 10.9. The van der Waals surface area contributed by atoms with Crippen LogP contribution < -0.4 is 9.47 Å². The average Bonchev–Trinajstić information content (AvgIpc) is 3.36. The highest BCUT2D eigenvalue weighted by Crippen LogP contribution is 2.30. The van der Waals surface area contributed by atoms with Gasteiger partial charge in [-0.1, -0.05) is 30.3 Å². The van der Waals surface area contributed by atoms with Crippen molar-refractivity contribution in [1.82, 2.24) is 9.88 Å². The number of hydrogen-bond donors (Lipinski definition) is 0. The van der Waals surface area contributed by atoms with Crippen molar-refractivity contribution in [2.75, 3.05) is 20.3 Å². The second kappa shape index (κ2) is 10.8. The lowest BCUT2D eigenvalue weighted by atomic mass is 10.1. The summed E-state index contributed by atoms with van der Waals surface area (Å²) in [5.41, 5.74) is 2.65. The van der Waals surface area contributed by atoms with E-state index < -0.39 is 0 Å².